The second-order valence-electron chi connectivity index (χ2n) is 3.16. The van der Waals surface area contributed by atoms with E-state index in [1.54, 1.807) is 23.9 Å². The number of anilines is 1. The normalized spacial score (nSPS) is 10.5. The van der Waals surface area contributed by atoms with Crippen molar-refractivity contribution in [2.75, 3.05) is 11.9 Å². The van der Waals surface area contributed by atoms with E-state index in [0.29, 0.717) is 0 Å². The summed E-state index contributed by atoms with van der Waals surface area (Å²) in [5.74, 6) is 0. The van der Waals surface area contributed by atoms with E-state index >= 15 is 0 Å². The first kappa shape index (κ1) is 10.1. The second kappa shape index (κ2) is 4.88. The summed E-state index contributed by atoms with van der Waals surface area (Å²) in [6.45, 7) is 3.81. The lowest BCUT2D eigenvalue weighted by molar-refractivity contribution is 0.777. The van der Waals surface area contributed by atoms with Gasteiger partial charge in [-0.2, -0.15) is 0 Å². The van der Waals surface area contributed by atoms with Crippen LogP contribution < -0.4 is 5.32 Å². The molecule has 0 saturated heterocycles. The third-order valence-electron chi connectivity index (χ3n) is 1.87. The summed E-state index contributed by atoms with van der Waals surface area (Å²) in [7, 11) is 0. The molecule has 0 spiro atoms. The fraction of sp³-hybridized carbons (Fsp3) is 0.444. The van der Waals surface area contributed by atoms with Crippen LogP contribution >= 0.6 is 11.3 Å². The molecule has 2 rings (SSSR count). The molecule has 0 bridgehead atoms. The molecule has 2 aromatic heterocycles. The molecule has 2 heterocycles. The van der Waals surface area contributed by atoms with Crippen molar-refractivity contribution in [1.82, 2.24) is 19.7 Å². The molecule has 0 aromatic carbocycles. The van der Waals surface area contributed by atoms with Gasteiger partial charge in [-0.05, 0) is 6.42 Å². The fourth-order valence-corrected chi connectivity index (χ4v) is 1.93. The third kappa shape index (κ3) is 2.76. The standard InChI is InChI=1S/C9H13N5S/c1-2-3-11-9-13-12-8(15-9)6-14-5-4-10-7-14/h4-5,7H,2-3,6H2,1H3,(H,11,13). The Balaban J connectivity index is 1.95. The molecule has 80 valence electrons. The largest absolute Gasteiger partial charge is 0.360 e. The maximum absolute atomic E-state index is 4.10. The van der Waals surface area contributed by atoms with Gasteiger partial charge in [0.1, 0.15) is 5.01 Å². The van der Waals surface area contributed by atoms with Gasteiger partial charge < -0.3 is 9.88 Å². The summed E-state index contributed by atoms with van der Waals surface area (Å²) >= 11 is 1.59. The van der Waals surface area contributed by atoms with Crippen LogP contribution in [0.3, 0.4) is 0 Å². The van der Waals surface area contributed by atoms with Crippen LogP contribution in [0.15, 0.2) is 18.7 Å². The molecule has 0 unspecified atom stereocenters. The Bertz CT molecular complexity index is 394. The number of imidazole rings is 1. The van der Waals surface area contributed by atoms with E-state index in [2.05, 4.69) is 27.4 Å². The molecule has 0 aliphatic rings. The maximum atomic E-state index is 4.10. The van der Waals surface area contributed by atoms with Crippen LogP contribution in [-0.2, 0) is 6.54 Å². The average molecular weight is 223 g/mol. The topological polar surface area (TPSA) is 55.6 Å². The monoisotopic (exact) mass is 223 g/mol. The number of nitrogens with zero attached hydrogens (tertiary/aromatic N) is 4. The SMILES string of the molecule is CCCNc1nnc(Cn2ccnc2)s1. The van der Waals surface area contributed by atoms with Gasteiger partial charge in [-0.1, -0.05) is 18.3 Å². The van der Waals surface area contributed by atoms with E-state index in [1.165, 1.54) is 0 Å². The Morgan fingerprint density at radius 3 is 3.13 bits per heavy atom. The van der Waals surface area contributed by atoms with Crippen molar-refractivity contribution in [2.45, 2.75) is 19.9 Å². The minimum atomic E-state index is 0.742. The van der Waals surface area contributed by atoms with Crippen molar-refractivity contribution in [3.63, 3.8) is 0 Å². The lowest BCUT2D eigenvalue weighted by Crippen LogP contribution is -1.98. The molecule has 0 saturated carbocycles. The zero-order valence-corrected chi connectivity index (χ0v) is 9.37. The second-order valence-corrected chi connectivity index (χ2v) is 4.22. The molecule has 0 aliphatic carbocycles. The summed E-state index contributed by atoms with van der Waals surface area (Å²) in [6.07, 6.45) is 6.55. The summed E-state index contributed by atoms with van der Waals surface area (Å²) in [5, 5.41) is 13.3. The van der Waals surface area contributed by atoms with Crippen LogP contribution in [0, 0.1) is 0 Å². The van der Waals surface area contributed by atoms with E-state index in [-0.39, 0.29) is 0 Å². The zero-order valence-electron chi connectivity index (χ0n) is 8.55. The lowest BCUT2D eigenvalue weighted by Gasteiger charge is -1.96. The van der Waals surface area contributed by atoms with Gasteiger partial charge in [0.05, 0.1) is 12.9 Å². The van der Waals surface area contributed by atoms with Gasteiger partial charge in [0.2, 0.25) is 5.13 Å². The highest BCUT2D eigenvalue weighted by Gasteiger charge is 2.03. The van der Waals surface area contributed by atoms with E-state index in [0.717, 1.165) is 29.6 Å². The molecule has 2 aromatic rings. The first-order chi connectivity index (χ1) is 7.38. The molecule has 0 aliphatic heterocycles. The van der Waals surface area contributed by atoms with Crippen molar-refractivity contribution in [2.24, 2.45) is 0 Å². The van der Waals surface area contributed by atoms with Crippen molar-refractivity contribution in [1.29, 1.82) is 0 Å². The van der Waals surface area contributed by atoms with Crippen LogP contribution in [0.4, 0.5) is 5.13 Å². The molecule has 5 nitrogen and oxygen atoms in total. The van der Waals surface area contributed by atoms with Gasteiger partial charge in [0.25, 0.3) is 0 Å². The highest BCUT2D eigenvalue weighted by Crippen LogP contribution is 2.15. The number of rotatable bonds is 5. The van der Waals surface area contributed by atoms with Crippen LogP contribution in [0.2, 0.25) is 0 Å². The Labute approximate surface area is 92.2 Å². The van der Waals surface area contributed by atoms with Gasteiger partial charge in [0.15, 0.2) is 0 Å². The Kier molecular flexibility index (Phi) is 3.29. The highest BCUT2D eigenvalue weighted by atomic mass is 32.1. The Morgan fingerprint density at radius 1 is 1.47 bits per heavy atom. The van der Waals surface area contributed by atoms with E-state index in [4.69, 9.17) is 0 Å². The highest BCUT2D eigenvalue weighted by molar-refractivity contribution is 7.15. The van der Waals surface area contributed by atoms with Gasteiger partial charge >= 0.3 is 0 Å². The van der Waals surface area contributed by atoms with Gasteiger partial charge in [0, 0.05) is 18.9 Å². The first-order valence-corrected chi connectivity index (χ1v) is 5.72. The maximum Gasteiger partial charge on any atom is 0.205 e. The van der Waals surface area contributed by atoms with Crippen LogP contribution in [0.1, 0.15) is 18.4 Å². The predicted molar refractivity (Wildman–Crippen MR) is 60.0 cm³/mol. The molecule has 0 amide bonds. The molecular weight excluding hydrogens is 210 g/mol. The van der Waals surface area contributed by atoms with Gasteiger partial charge in [-0.25, -0.2) is 4.98 Å². The van der Waals surface area contributed by atoms with Crippen molar-refractivity contribution in [3.8, 4) is 0 Å². The van der Waals surface area contributed by atoms with Crippen molar-refractivity contribution in [3.05, 3.63) is 23.7 Å². The molecular formula is C9H13N5S. The van der Waals surface area contributed by atoms with Crippen LogP contribution in [0.25, 0.3) is 0 Å². The minimum absolute atomic E-state index is 0.742. The lowest BCUT2D eigenvalue weighted by atomic mass is 10.5. The molecule has 0 atom stereocenters. The van der Waals surface area contributed by atoms with Crippen molar-refractivity contribution < 1.29 is 0 Å². The Morgan fingerprint density at radius 2 is 2.40 bits per heavy atom. The number of aromatic nitrogens is 4. The molecule has 15 heavy (non-hydrogen) atoms. The summed E-state index contributed by atoms with van der Waals surface area (Å²) in [4.78, 5) is 3.98. The van der Waals surface area contributed by atoms with E-state index in [9.17, 15) is 0 Å². The Hall–Kier alpha value is -1.43. The predicted octanol–water partition coefficient (Wildman–Crippen LogP) is 1.60. The minimum Gasteiger partial charge on any atom is -0.360 e. The first-order valence-electron chi connectivity index (χ1n) is 4.90. The summed E-state index contributed by atoms with van der Waals surface area (Å²) < 4.78 is 1.98. The number of hydrogen-bond acceptors (Lipinski definition) is 5. The molecule has 1 N–H and O–H groups in total. The summed E-state index contributed by atoms with van der Waals surface area (Å²) in [5.41, 5.74) is 0. The van der Waals surface area contributed by atoms with Gasteiger partial charge in [-0.3, -0.25) is 0 Å². The van der Waals surface area contributed by atoms with Crippen LogP contribution in [0.5, 0.6) is 0 Å². The molecule has 6 heteroatoms. The fourth-order valence-electron chi connectivity index (χ4n) is 1.16. The molecule has 0 fully saturated rings. The number of hydrogen-bond donors (Lipinski definition) is 1. The zero-order chi connectivity index (χ0) is 10.5. The number of nitrogens with one attached hydrogen (secondary N) is 1. The average Bonchev–Trinajstić information content (AvgIpc) is 2.87. The quantitative estimate of drug-likeness (QED) is 0.836. The van der Waals surface area contributed by atoms with Crippen LogP contribution in [-0.4, -0.2) is 26.3 Å². The molecule has 0 radical (unpaired) electrons. The summed E-state index contributed by atoms with van der Waals surface area (Å²) in [6, 6.07) is 0. The smallest absolute Gasteiger partial charge is 0.205 e. The van der Waals surface area contributed by atoms with Crippen molar-refractivity contribution >= 4 is 16.5 Å². The van der Waals surface area contributed by atoms with Gasteiger partial charge in [-0.15, -0.1) is 10.2 Å². The third-order valence-corrected chi connectivity index (χ3v) is 2.74. The van der Waals surface area contributed by atoms with E-state index in [1.807, 2.05) is 10.8 Å². The van der Waals surface area contributed by atoms with E-state index < -0.39 is 0 Å².